The van der Waals surface area contributed by atoms with E-state index in [1.54, 1.807) is 12.1 Å². The molecule has 2 aromatic rings. The molecule has 0 bridgehead atoms. The molecule has 0 saturated heterocycles. The molecule has 0 fully saturated rings. The first kappa shape index (κ1) is 8.26. The largest absolute Gasteiger partial charge is 0.463 e. The molecule has 0 amide bonds. The highest BCUT2D eigenvalue weighted by molar-refractivity contribution is 5.55. The summed E-state index contributed by atoms with van der Waals surface area (Å²) in [4.78, 5) is 7.83. The summed E-state index contributed by atoms with van der Waals surface area (Å²) in [6.07, 6.45) is 2.99. The van der Waals surface area contributed by atoms with E-state index in [0.29, 0.717) is 11.5 Å². The Morgan fingerprint density at radius 3 is 3.00 bits per heavy atom. The Kier molecular flexibility index (Phi) is 1.88. The molecule has 5 nitrogen and oxygen atoms in total. The van der Waals surface area contributed by atoms with E-state index in [0.717, 1.165) is 0 Å². The van der Waals surface area contributed by atoms with Crippen molar-refractivity contribution in [1.29, 1.82) is 5.26 Å². The van der Waals surface area contributed by atoms with E-state index < -0.39 is 0 Å². The molecule has 0 spiro atoms. The number of hydrogen-bond donors (Lipinski definition) is 1. The van der Waals surface area contributed by atoms with Gasteiger partial charge in [-0.3, -0.25) is 0 Å². The Morgan fingerprint density at radius 2 is 2.36 bits per heavy atom. The van der Waals surface area contributed by atoms with E-state index in [9.17, 15) is 0 Å². The monoisotopic (exact) mass is 186 g/mol. The predicted octanol–water partition coefficient (Wildman–Crippen LogP) is 1.19. The fraction of sp³-hybridized carbons (Fsp3) is 0. The maximum absolute atomic E-state index is 8.68. The molecule has 5 heteroatoms. The molecular weight excluding hydrogens is 180 g/mol. The van der Waals surface area contributed by atoms with E-state index in [1.807, 2.05) is 6.07 Å². The van der Waals surface area contributed by atoms with Crippen LogP contribution in [0.4, 0.5) is 5.82 Å². The molecule has 2 rings (SSSR count). The second-order valence-electron chi connectivity index (χ2n) is 2.58. The molecule has 2 aromatic heterocycles. The van der Waals surface area contributed by atoms with E-state index in [2.05, 4.69) is 9.97 Å². The Balaban J connectivity index is 2.53. The zero-order valence-corrected chi connectivity index (χ0v) is 7.14. The number of aromatic nitrogens is 2. The molecule has 68 valence electrons. The van der Waals surface area contributed by atoms with Gasteiger partial charge < -0.3 is 10.2 Å². The SMILES string of the molecule is N#Cc1nc(-c2ccco2)cnc1N. The van der Waals surface area contributed by atoms with Crippen LogP contribution in [0.5, 0.6) is 0 Å². The molecule has 0 aliphatic heterocycles. The van der Waals surface area contributed by atoms with Crippen LogP contribution < -0.4 is 5.73 Å². The third-order valence-corrected chi connectivity index (χ3v) is 1.68. The first-order chi connectivity index (χ1) is 6.81. The summed E-state index contributed by atoms with van der Waals surface area (Å²) in [7, 11) is 0. The van der Waals surface area contributed by atoms with Gasteiger partial charge in [-0.2, -0.15) is 5.26 Å². The second kappa shape index (κ2) is 3.18. The lowest BCUT2D eigenvalue weighted by Crippen LogP contribution is -1.98. The zero-order chi connectivity index (χ0) is 9.97. The predicted molar refractivity (Wildman–Crippen MR) is 48.9 cm³/mol. The Labute approximate surface area is 79.8 Å². The van der Waals surface area contributed by atoms with Crippen molar-refractivity contribution in [2.45, 2.75) is 0 Å². The maximum Gasteiger partial charge on any atom is 0.183 e. The molecule has 14 heavy (non-hydrogen) atoms. The molecule has 0 aliphatic rings. The van der Waals surface area contributed by atoms with Crippen molar-refractivity contribution in [3.8, 4) is 17.5 Å². The van der Waals surface area contributed by atoms with Gasteiger partial charge in [0.25, 0.3) is 0 Å². The topological polar surface area (TPSA) is 88.7 Å². The highest BCUT2D eigenvalue weighted by Crippen LogP contribution is 2.17. The van der Waals surface area contributed by atoms with Gasteiger partial charge in [0.2, 0.25) is 0 Å². The zero-order valence-electron chi connectivity index (χ0n) is 7.14. The van der Waals surface area contributed by atoms with Crippen LogP contribution in [0.25, 0.3) is 11.5 Å². The van der Waals surface area contributed by atoms with Crippen molar-refractivity contribution >= 4 is 5.82 Å². The highest BCUT2D eigenvalue weighted by Gasteiger charge is 2.07. The summed E-state index contributed by atoms with van der Waals surface area (Å²) in [6, 6.07) is 5.33. The van der Waals surface area contributed by atoms with Gasteiger partial charge >= 0.3 is 0 Å². The van der Waals surface area contributed by atoms with Crippen molar-refractivity contribution in [2.75, 3.05) is 5.73 Å². The van der Waals surface area contributed by atoms with E-state index in [4.69, 9.17) is 15.4 Å². The third-order valence-electron chi connectivity index (χ3n) is 1.68. The van der Waals surface area contributed by atoms with Crippen molar-refractivity contribution in [3.05, 3.63) is 30.3 Å². The molecule has 0 unspecified atom stereocenters. The number of nitrogens with two attached hydrogens (primary N) is 1. The second-order valence-corrected chi connectivity index (χ2v) is 2.58. The molecular formula is C9H6N4O. The Morgan fingerprint density at radius 1 is 1.50 bits per heavy atom. The minimum absolute atomic E-state index is 0.110. The lowest BCUT2D eigenvalue weighted by molar-refractivity contribution is 0.579. The average molecular weight is 186 g/mol. The molecule has 2 N–H and O–H groups in total. The van der Waals surface area contributed by atoms with Crippen LogP contribution in [0, 0.1) is 11.3 Å². The number of hydrogen-bond acceptors (Lipinski definition) is 5. The van der Waals surface area contributed by atoms with Crippen LogP contribution in [0.2, 0.25) is 0 Å². The number of furan rings is 1. The quantitative estimate of drug-likeness (QED) is 0.722. The van der Waals surface area contributed by atoms with E-state index in [-0.39, 0.29) is 11.5 Å². The van der Waals surface area contributed by atoms with Gasteiger partial charge in [-0.15, -0.1) is 0 Å². The minimum Gasteiger partial charge on any atom is -0.463 e. The Hall–Kier alpha value is -2.35. The first-order valence-electron chi connectivity index (χ1n) is 3.88. The van der Waals surface area contributed by atoms with Gasteiger partial charge in [-0.25, -0.2) is 9.97 Å². The fourth-order valence-corrected chi connectivity index (χ4v) is 1.02. The summed E-state index contributed by atoms with van der Waals surface area (Å²) < 4.78 is 5.11. The normalized spacial score (nSPS) is 9.64. The van der Waals surface area contributed by atoms with Gasteiger partial charge in [-0.1, -0.05) is 0 Å². The molecule has 0 aromatic carbocycles. The van der Waals surface area contributed by atoms with E-state index >= 15 is 0 Å². The number of nitrogens with zero attached hydrogens (tertiary/aromatic N) is 3. The summed E-state index contributed by atoms with van der Waals surface area (Å²) in [6.45, 7) is 0. The minimum atomic E-state index is 0.110. The van der Waals surface area contributed by atoms with Gasteiger partial charge in [0.05, 0.1) is 12.5 Å². The summed E-state index contributed by atoms with van der Waals surface area (Å²) >= 11 is 0. The maximum atomic E-state index is 8.68. The molecule has 0 aliphatic carbocycles. The van der Waals surface area contributed by atoms with Crippen molar-refractivity contribution in [2.24, 2.45) is 0 Å². The summed E-state index contributed by atoms with van der Waals surface area (Å²) in [5, 5.41) is 8.68. The van der Waals surface area contributed by atoms with Crippen LogP contribution in [-0.2, 0) is 0 Å². The van der Waals surface area contributed by atoms with Crippen LogP contribution in [0.1, 0.15) is 5.69 Å². The Bertz CT molecular complexity index is 484. The van der Waals surface area contributed by atoms with Gasteiger partial charge in [0, 0.05) is 0 Å². The highest BCUT2D eigenvalue weighted by atomic mass is 16.3. The molecule has 0 radical (unpaired) electrons. The smallest absolute Gasteiger partial charge is 0.183 e. The first-order valence-corrected chi connectivity index (χ1v) is 3.88. The number of nitriles is 1. The van der Waals surface area contributed by atoms with Crippen LogP contribution >= 0.6 is 0 Å². The van der Waals surface area contributed by atoms with Crippen LogP contribution in [-0.4, -0.2) is 9.97 Å². The third kappa shape index (κ3) is 1.29. The summed E-state index contributed by atoms with van der Waals surface area (Å²) in [5.41, 5.74) is 6.04. The summed E-state index contributed by atoms with van der Waals surface area (Å²) in [5.74, 6) is 0.691. The van der Waals surface area contributed by atoms with Crippen LogP contribution in [0.15, 0.2) is 29.0 Å². The van der Waals surface area contributed by atoms with Crippen molar-refractivity contribution in [1.82, 2.24) is 9.97 Å². The van der Waals surface area contributed by atoms with Crippen molar-refractivity contribution in [3.63, 3.8) is 0 Å². The molecule has 2 heterocycles. The van der Waals surface area contributed by atoms with Crippen LogP contribution in [0.3, 0.4) is 0 Å². The molecule has 0 saturated carbocycles. The van der Waals surface area contributed by atoms with E-state index in [1.165, 1.54) is 12.5 Å². The number of anilines is 1. The molecule has 0 atom stereocenters. The average Bonchev–Trinajstić information content (AvgIpc) is 2.71. The number of nitrogen functional groups attached to an aromatic ring is 1. The fourth-order valence-electron chi connectivity index (χ4n) is 1.02. The number of rotatable bonds is 1. The standard InChI is InChI=1S/C9H6N4O/c10-4-6-9(11)12-5-7(13-6)8-2-1-3-14-8/h1-3,5H,(H2,11,12). The lowest BCUT2D eigenvalue weighted by Gasteiger charge is -1.97. The van der Waals surface area contributed by atoms with Gasteiger partial charge in [0.15, 0.2) is 17.3 Å². The lowest BCUT2D eigenvalue weighted by atomic mass is 10.3. The van der Waals surface area contributed by atoms with Gasteiger partial charge in [-0.05, 0) is 12.1 Å². The van der Waals surface area contributed by atoms with Crippen molar-refractivity contribution < 1.29 is 4.42 Å². The van der Waals surface area contributed by atoms with Gasteiger partial charge in [0.1, 0.15) is 11.8 Å².